The molecule has 0 saturated carbocycles. The monoisotopic (exact) mass is 239 g/mol. The van der Waals surface area contributed by atoms with Gasteiger partial charge in [0.15, 0.2) is 5.17 Å². The smallest absolute Gasteiger partial charge is 0.157 e. The third-order valence-electron chi connectivity index (χ3n) is 4.15. The Hall–Kier alpha value is -0.220. The molecule has 0 radical (unpaired) electrons. The average Bonchev–Trinajstić information content (AvgIpc) is 2.78. The molecule has 2 bridgehead atoms. The fourth-order valence-electron chi connectivity index (χ4n) is 2.96. The number of thioether (sulfide) groups is 1. The first-order valence-corrected chi connectivity index (χ1v) is 7.53. The van der Waals surface area contributed by atoms with Crippen LogP contribution in [0, 0.1) is 5.92 Å². The lowest BCUT2D eigenvalue weighted by molar-refractivity contribution is 0.0906. The molecule has 1 N–H and O–H groups in total. The Labute approximate surface area is 102 Å². The molecule has 2 atom stereocenters. The number of fused-ring (bicyclic) bond motifs is 3. The van der Waals surface area contributed by atoms with Crippen LogP contribution in [0.1, 0.15) is 26.2 Å². The van der Waals surface area contributed by atoms with Gasteiger partial charge in [-0.05, 0) is 38.3 Å². The lowest BCUT2D eigenvalue weighted by Crippen LogP contribution is -2.50. The van der Waals surface area contributed by atoms with Crippen LogP contribution >= 0.6 is 11.8 Å². The van der Waals surface area contributed by atoms with Gasteiger partial charge in [-0.3, -0.25) is 4.99 Å². The van der Waals surface area contributed by atoms with E-state index in [2.05, 4.69) is 17.1 Å². The van der Waals surface area contributed by atoms with Crippen LogP contribution in [0.15, 0.2) is 4.99 Å². The lowest BCUT2D eigenvalue weighted by Gasteiger charge is -2.43. The fourth-order valence-corrected chi connectivity index (χ4v) is 4.10. The number of piperidine rings is 3. The summed E-state index contributed by atoms with van der Waals surface area (Å²) in [5.41, 5.74) is 0. The van der Waals surface area contributed by atoms with Gasteiger partial charge in [-0.25, -0.2) is 0 Å². The number of rotatable bonds is 2. The van der Waals surface area contributed by atoms with Crippen molar-refractivity contribution in [3.8, 4) is 0 Å². The van der Waals surface area contributed by atoms with Crippen molar-refractivity contribution in [2.75, 3.05) is 25.4 Å². The van der Waals surface area contributed by atoms with Crippen molar-refractivity contribution >= 4 is 16.9 Å². The molecule has 4 rings (SSSR count). The molecule has 0 aromatic rings. The fraction of sp³-hybridized carbons (Fsp3) is 0.917. The summed E-state index contributed by atoms with van der Waals surface area (Å²) in [6, 6.07) is 1.23. The molecule has 4 heteroatoms. The summed E-state index contributed by atoms with van der Waals surface area (Å²) in [5.74, 6) is 2.07. The van der Waals surface area contributed by atoms with Crippen LogP contribution in [0.5, 0.6) is 0 Å². The van der Waals surface area contributed by atoms with Gasteiger partial charge in [0.2, 0.25) is 0 Å². The zero-order valence-corrected chi connectivity index (χ0v) is 10.8. The predicted octanol–water partition coefficient (Wildman–Crippen LogP) is 1.55. The Bertz CT molecular complexity index is 284. The quantitative estimate of drug-likeness (QED) is 0.792. The Balaban J connectivity index is 1.64. The van der Waals surface area contributed by atoms with Crippen LogP contribution in [-0.4, -0.2) is 47.5 Å². The van der Waals surface area contributed by atoms with E-state index in [0.29, 0.717) is 12.1 Å². The molecule has 0 spiro atoms. The van der Waals surface area contributed by atoms with E-state index in [1.54, 1.807) is 0 Å². The molecule has 4 saturated heterocycles. The minimum Gasteiger partial charge on any atom is -0.361 e. The third kappa shape index (κ3) is 2.09. The maximum atomic E-state index is 4.94. The molecule has 90 valence electrons. The Morgan fingerprint density at radius 1 is 1.44 bits per heavy atom. The van der Waals surface area contributed by atoms with Gasteiger partial charge in [0.25, 0.3) is 0 Å². The van der Waals surface area contributed by atoms with Crippen LogP contribution in [-0.2, 0) is 0 Å². The summed E-state index contributed by atoms with van der Waals surface area (Å²) >= 11 is 1.92. The molecule has 2 unspecified atom stereocenters. The number of aliphatic imine (C=N–C) groups is 1. The highest BCUT2D eigenvalue weighted by Crippen LogP contribution is 2.30. The van der Waals surface area contributed by atoms with Gasteiger partial charge in [-0.15, -0.1) is 0 Å². The van der Waals surface area contributed by atoms with E-state index in [-0.39, 0.29) is 0 Å². The van der Waals surface area contributed by atoms with Gasteiger partial charge in [0, 0.05) is 18.3 Å². The average molecular weight is 239 g/mol. The molecule has 3 nitrogen and oxygen atoms in total. The van der Waals surface area contributed by atoms with Crippen molar-refractivity contribution in [1.29, 1.82) is 0 Å². The maximum absolute atomic E-state index is 4.94. The Morgan fingerprint density at radius 3 is 2.81 bits per heavy atom. The molecular weight excluding hydrogens is 218 g/mol. The number of nitrogens with zero attached hydrogens (tertiary/aromatic N) is 2. The largest absolute Gasteiger partial charge is 0.361 e. The van der Waals surface area contributed by atoms with Crippen molar-refractivity contribution in [2.45, 2.75) is 38.3 Å². The standard InChI is InChI=1S/C12H21N3S/c1-2-10-8-16-12(13-10)14-11-7-15-5-3-9(11)4-6-15/h9-11H,2-8H2,1H3,(H,13,14). The highest BCUT2D eigenvalue weighted by Gasteiger charge is 2.34. The zero-order valence-electron chi connectivity index (χ0n) is 9.98. The van der Waals surface area contributed by atoms with Crippen molar-refractivity contribution in [3.63, 3.8) is 0 Å². The van der Waals surface area contributed by atoms with E-state index < -0.39 is 0 Å². The summed E-state index contributed by atoms with van der Waals surface area (Å²) in [6.07, 6.45) is 3.94. The minimum atomic E-state index is 0.577. The van der Waals surface area contributed by atoms with E-state index in [0.717, 1.165) is 5.92 Å². The van der Waals surface area contributed by atoms with Crippen LogP contribution < -0.4 is 5.32 Å². The molecular formula is C12H21N3S. The second kappa shape index (κ2) is 4.57. The first kappa shape index (κ1) is 10.9. The van der Waals surface area contributed by atoms with E-state index >= 15 is 0 Å². The first-order valence-electron chi connectivity index (χ1n) is 6.54. The first-order chi connectivity index (χ1) is 7.85. The topological polar surface area (TPSA) is 27.6 Å². The molecule has 0 aromatic heterocycles. The highest BCUT2D eigenvalue weighted by molar-refractivity contribution is 8.14. The van der Waals surface area contributed by atoms with Crippen LogP contribution in [0.3, 0.4) is 0 Å². The number of nitrogens with one attached hydrogen (secondary N) is 1. The summed E-state index contributed by atoms with van der Waals surface area (Å²) in [6.45, 7) is 6.07. The minimum absolute atomic E-state index is 0.577. The van der Waals surface area contributed by atoms with Gasteiger partial charge in [0.1, 0.15) is 0 Å². The molecule has 4 aliphatic heterocycles. The van der Waals surface area contributed by atoms with Gasteiger partial charge in [-0.2, -0.15) is 0 Å². The molecule has 0 amide bonds. The van der Waals surface area contributed by atoms with E-state index in [4.69, 9.17) is 4.99 Å². The van der Waals surface area contributed by atoms with Crippen LogP contribution in [0.4, 0.5) is 0 Å². The summed E-state index contributed by atoms with van der Waals surface area (Å²) < 4.78 is 0. The van der Waals surface area contributed by atoms with Crippen LogP contribution in [0.2, 0.25) is 0 Å². The Kier molecular flexibility index (Phi) is 3.11. The highest BCUT2D eigenvalue weighted by atomic mass is 32.2. The maximum Gasteiger partial charge on any atom is 0.157 e. The molecule has 4 fully saturated rings. The van der Waals surface area contributed by atoms with Crippen molar-refractivity contribution in [3.05, 3.63) is 0 Å². The summed E-state index contributed by atoms with van der Waals surface area (Å²) in [7, 11) is 0. The van der Waals surface area contributed by atoms with E-state index in [1.165, 1.54) is 49.8 Å². The molecule has 0 aromatic carbocycles. The van der Waals surface area contributed by atoms with Crippen molar-refractivity contribution in [1.82, 2.24) is 10.2 Å². The second-order valence-electron chi connectivity index (χ2n) is 5.20. The van der Waals surface area contributed by atoms with E-state index in [9.17, 15) is 0 Å². The molecule has 4 heterocycles. The van der Waals surface area contributed by atoms with E-state index in [1.807, 2.05) is 11.8 Å². The lowest BCUT2D eigenvalue weighted by atomic mass is 9.84. The van der Waals surface area contributed by atoms with Crippen molar-refractivity contribution in [2.24, 2.45) is 10.9 Å². The summed E-state index contributed by atoms with van der Waals surface area (Å²) in [4.78, 5) is 7.52. The third-order valence-corrected chi connectivity index (χ3v) is 5.21. The zero-order chi connectivity index (χ0) is 11.0. The van der Waals surface area contributed by atoms with Crippen LogP contribution in [0.25, 0.3) is 0 Å². The van der Waals surface area contributed by atoms with Gasteiger partial charge < -0.3 is 10.2 Å². The summed E-state index contributed by atoms with van der Waals surface area (Å²) in [5, 5.41) is 4.76. The van der Waals surface area contributed by atoms with Crippen molar-refractivity contribution < 1.29 is 0 Å². The van der Waals surface area contributed by atoms with Gasteiger partial charge >= 0.3 is 0 Å². The normalized spacial score (nSPS) is 44.9. The van der Waals surface area contributed by atoms with Gasteiger partial charge in [0.05, 0.1) is 6.04 Å². The number of amidine groups is 1. The Morgan fingerprint density at radius 2 is 2.25 bits per heavy atom. The predicted molar refractivity (Wildman–Crippen MR) is 70.1 cm³/mol. The van der Waals surface area contributed by atoms with Gasteiger partial charge in [-0.1, -0.05) is 18.7 Å². The molecule has 4 aliphatic rings. The SMILES string of the molecule is CCC1CSC(=NC2CN3CCC2CC3)N1. The number of hydrogen-bond acceptors (Lipinski definition) is 3. The number of hydrogen-bond donors (Lipinski definition) is 1. The second-order valence-corrected chi connectivity index (χ2v) is 6.21. The molecule has 16 heavy (non-hydrogen) atoms. The molecule has 0 aliphatic carbocycles.